The molecule has 0 aliphatic rings. The van der Waals surface area contributed by atoms with Crippen molar-refractivity contribution in [3.05, 3.63) is 36.7 Å². The Kier molecular flexibility index (Phi) is 3.47. The van der Waals surface area contributed by atoms with Gasteiger partial charge in [0.05, 0.1) is 16.8 Å². The molecule has 0 bridgehead atoms. The number of fused-ring (bicyclic) bond motifs is 3. The molecule has 0 spiro atoms. The van der Waals surface area contributed by atoms with E-state index in [1.807, 2.05) is 35.1 Å². The Bertz CT molecular complexity index is 1040. The molecule has 4 aromatic rings. The topological polar surface area (TPSA) is 106 Å². The monoisotopic (exact) mass is 336 g/mol. The molecule has 0 radical (unpaired) electrons. The maximum atomic E-state index is 9.91. The van der Waals surface area contributed by atoms with Crippen molar-refractivity contribution in [3.8, 4) is 11.3 Å². The Morgan fingerprint density at radius 3 is 2.80 bits per heavy atom. The number of aliphatic hydroxyl groups is 1. The van der Waals surface area contributed by atoms with Gasteiger partial charge in [0.1, 0.15) is 5.52 Å². The third-order valence-corrected chi connectivity index (χ3v) is 4.30. The molecule has 3 heterocycles. The Morgan fingerprint density at radius 1 is 1.24 bits per heavy atom. The van der Waals surface area contributed by atoms with Gasteiger partial charge in [0.15, 0.2) is 5.82 Å². The van der Waals surface area contributed by atoms with Crippen LogP contribution in [-0.4, -0.2) is 35.7 Å². The summed E-state index contributed by atoms with van der Waals surface area (Å²) in [7, 11) is 0. The molecule has 128 valence electrons. The number of aromatic amines is 1. The molecule has 0 amide bonds. The fourth-order valence-electron chi connectivity index (χ4n) is 2.93. The second kappa shape index (κ2) is 5.56. The van der Waals surface area contributed by atoms with Crippen LogP contribution in [0.25, 0.3) is 33.1 Å². The number of rotatable bonds is 4. The maximum Gasteiger partial charge on any atom is 0.152 e. The van der Waals surface area contributed by atoms with E-state index in [1.54, 1.807) is 20.0 Å². The van der Waals surface area contributed by atoms with E-state index in [9.17, 15) is 5.11 Å². The summed E-state index contributed by atoms with van der Waals surface area (Å²) in [6.07, 6.45) is 4.30. The minimum Gasteiger partial charge on any atom is -0.390 e. The second-order valence-corrected chi connectivity index (χ2v) is 6.92. The van der Waals surface area contributed by atoms with Crippen LogP contribution in [0.15, 0.2) is 36.7 Å². The van der Waals surface area contributed by atoms with E-state index >= 15 is 0 Å². The summed E-state index contributed by atoms with van der Waals surface area (Å²) >= 11 is 0. The van der Waals surface area contributed by atoms with E-state index < -0.39 is 5.60 Å². The first-order valence-corrected chi connectivity index (χ1v) is 8.19. The molecule has 0 saturated carbocycles. The predicted molar refractivity (Wildman–Crippen MR) is 97.9 cm³/mol. The van der Waals surface area contributed by atoms with Crippen molar-refractivity contribution in [2.24, 2.45) is 0 Å². The molecule has 4 rings (SSSR count). The highest BCUT2D eigenvalue weighted by molar-refractivity contribution is 6.08. The lowest BCUT2D eigenvalue weighted by atomic mass is 10.1. The van der Waals surface area contributed by atoms with Crippen LogP contribution in [0, 0.1) is 0 Å². The first-order chi connectivity index (χ1) is 11.9. The van der Waals surface area contributed by atoms with Crippen molar-refractivity contribution < 1.29 is 5.11 Å². The zero-order valence-electron chi connectivity index (χ0n) is 14.2. The molecule has 0 aliphatic carbocycles. The van der Waals surface area contributed by atoms with Crippen LogP contribution in [0.5, 0.6) is 0 Å². The summed E-state index contributed by atoms with van der Waals surface area (Å²) in [5.41, 5.74) is 8.85. The van der Waals surface area contributed by atoms with Gasteiger partial charge in [-0.15, -0.1) is 0 Å². The number of nitrogens with one attached hydrogen (secondary N) is 1. The second-order valence-electron chi connectivity index (χ2n) is 6.92. The molecular formula is C18H20N6O. The summed E-state index contributed by atoms with van der Waals surface area (Å²) in [4.78, 5) is 4.51. The van der Waals surface area contributed by atoms with E-state index in [0.29, 0.717) is 24.3 Å². The highest BCUT2D eigenvalue weighted by Crippen LogP contribution is 2.30. The van der Waals surface area contributed by atoms with Crippen LogP contribution < -0.4 is 5.73 Å². The van der Waals surface area contributed by atoms with Crippen molar-refractivity contribution in [1.82, 2.24) is 25.0 Å². The van der Waals surface area contributed by atoms with Crippen LogP contribution in [0.3, 0.4) is 0 Å². The van der Waals surface area contributed by atoms with Crippen LogP contribution >= 0.6 is 0 Å². The standard InChI is InChI=1S/C18H20N6O/c1-18(2,25)6-8-24-10-13-12-4-3-11(14-5-7-20-22-14)9-15(12)21-17(19)16(13)23-24/h3-5,7,9-10,25H,6,8H2,1-2H3,(H2,19,21)(H,20,22). The Labute approximate surface area is 144 Å². The smallest absolute Gasteiger partial charge is 0.152 e. The molecule has 0 aliphatic heterocycles. The molecule has 1 aromatic carbocycles. The molecule has 4 N–H and O–H groups in total. The Hall–Kier alpha value is -2.93. The highest BCUT2D eigenvalue weighted by Gasteiger charge is 2.15. The van der Waals surface area contributed by atoms with Gasteiger partial charge in [0.25, 0.3) is 0 Å². The van der Waals surface area contributed by atoms with E-state index in [1.165, 1.54) is 0 Å². The van der Waals surface area contributed by atoms with Gasteiger partial charge >= 0.3 is 0 Å². The molecule has 0 unspecified atom stereocenters. The fourth-order valence-corrected chi connectivity index (χ4v) is 2.93. The maximum absolute atomic E-state index is 9.91. The molecule has 7 nitrogen and oxygen atoms in total. The highest BCUT2D eigenvalue weighted by atomic mass is 16.3. The molecule has 7 heteroatoms. The van der Waals surface area contributed by atoms with E-state index in [2.05, 4.69) is 20.3 Å². The third kappa shape index (κ3) is 2.94. The van der Waals surface area contributed by atoms with Crippen molar-refractivity contribution in [2.75, 3.05) is 5.73 Å². The number of nitrogens with zero attached hydrogens (tertiary/aromatic N) is 4. The molecule has 0 fully saturated rings. The number of aryl methyl sites for hydroxylation is 1. The number of anilines is 1. The van der Waals surface area contributed by atoms with Crippen LogP contribution in [-0.2, 0) is 6.54 Å². The predicted octanol–water partition coefficient (Wildman–Crippen LogP) is 2.72. The summed E-state index contributed by atoms with van der Waals surface area (Å²) < 4.78 is 1.82. The average Bonchev–Trinajstić information content (AvgIpc) is 3.22. The first-order valence-electron chi connectivity index (χ1n) is 8.19. The summed E-state index contributed by atoms with van der Waals surface area (Å²) in [5.74, 6) is 0.409. The number of pyridine rings is 1. The third-order valence-electron chi connectivity index (χ3n) is 4.30. The molecule has 0 saturated heterocycles. The number of hydrogen-bond acceptors (Lipinski definition) is 5. The van der Waals surface area contributed by atoms with E-state index in [4.69, 9.17) is 5.73 Å². The number of H-pyrrole nitrogens is 1. The number of nitrogens with two attached hydrogens (primary N) is 1. The van der Waals surface area contributed by atoms with Gasteiger partial charge in [-0.25, -0.2) is 4.98 Å². The van der Waals surface area contributed by atoms with Gasteiger partial charge in [-0.3, -0.25) is 9.78 Å². The minimum atomic E-state index is -0.733. The minimum absolute atomic E-state index is 0.409. The largest absolute Gasteiger partial charge is 0.390 e. The quantitative estimate of drug-likeness (QED) is 0.531. The summed E-state index contributed by atoms with van der Waals surface area (Å²) in [6, 6.07) is 7.97. The van der Waals surface area contributed by atoms with Crippen molar-refractivity contribution in [3.63, 3.8) is 0 Å². The average molecular weight is 336 g/mol. The number of benzene rings is 1. The lowest BCUT2D eigenvalue weighted by Gasteiger charge is -2.16. The first kappa shape index (κ1) is 15.6. The lowest BCUT2D eigenvalue weighted by Crippen LogP contribution is -2.21. The van der Waals surface area contributed by atoms with Crippen LogP contribution in [0.4, 0.5) is 5.82 Å². The van der Waals surface area contributed by atoms with Crippen molar-refractivity contribution in [2.45, 2.75) is 32.4 Å². The van der Waals surface area contributed by atoms with E-state index in [0.717, 1.165) is 27.5 Å². The Balaban J connectivity index is 1.81. The molecule has 0 atom stereocenters. The number of aromatic nitrogens is 5. The van der Waals surface area contributed by atoms with Crippen LogP contribution in [0.2, 0.25) is 0 Å². The normalized spacial score (nSPS) is 12.3. The SMILES string of the molecule is CC(C)(O)CCn1cc2c(n1)c(N)nc1cc(-c3ccn[nH]3)ccc12. The summed E-state index contributed by atoms with van der Waals surface area (Å²) in [6.45, 7) is 4.20. The van der Waals surface area contributed by atoms with Gasteiger partial charge in [0.2, 0.25) is 0 Å². The fraction of sp³-hybridized carbons (Fsp3) is 0.278. The van der Waals surface area contributed by atoms with Crippen molar-refractivity contribution in [1.29, 1.82) is 0 Å². The van der Waals surface area contributed by atoms with Gasteiger partial charge in [-0.2, -0.15) is 10.2 Å². The zero-order valence-corrected chi connectivity index (χ0v) is 14.2. The summed E-state index contributed by atoms with van der Waals surface area (Å²) in [5, 5.41) is 23.4. The van der Waals surface area contributed by atoms with Gasteiger partial charge in [0, 0.05) is 35.3 Å². The van der Waals surface area contributed by atoms with Crippen molar-refractivity contribution >= 4 is 27.6 Å². The Morgan fingerprint density at radius 2 is 2.08 bits per heavy atom. The molecule has 3 aromatic heterocycles. The van der Waals surface area contributed by atoms with Gasteiger partial charge in [-0.05, 0) is 32.4 Å². The van der Waals surface area contributed by atoms with E-state index in [-0.39, 0.29) is 0 Å². The zero-order chi connectivity index (χ0) is 17.6. The molecular weight excluding hydrogens is 316 g/mol. The molecule has 25 heavy (non-hydrogen) atoms. The van der Waals surface area contributed by atoms with Gasteiger partial charge < -0.3 is 10.8 Å². The number of hydrogen-bond donors (Lipinski definition) is 3. The van der Waals surface area contributed by atoms with Crippen LogP contribution in [0.1, 0.15) is 20.3 Å². The lowest BCUT2D eigenvalue weighted by molar-refractivity contribution is 0.0651. The van der Waals surface area contributed by atoms with Gasteiger partial charge in [-0.1, -0.05) is 12.1 Å². The number of nitrogen functional groups attached to an aromatic ring is 1.